The second-order valence-corrected chi connectivity index (χ2v) is 13.8. The molecule has 5 aromatic carbocycles. The second-order valence-electron chi connectivity index (χ2n) is 11.3. The molecule has 0 fully saturated rings. The Balaban J connectivity index is 1.22. The molecule has 2 atom stereocenters. The van der Waals surface area contributed by atoms with Crippen LogP contribution >= 0.6 is 23.5 Å². The number of hydrogen-bond donors (Lipinski definition) is 0. The predicted molar refractivity (Wildman–Crippen MR) is 192 cm³/mol. The van der Waals surface area contributed by atoms with Gasteiger partial charge in [0.1, 0.15) is 9.74 Å². The number of fused-ring (bicyclic) bond motifs is 2. The first kappa shape index (κ1) is 29.9. The lowest BCUT2D eigenvalue weighted by atomic mass is 10.0. The fourth-order valence-corrected chi connectivity index (χ4v) is 9.23. The third-order valence-electron chi connectivity index (χ3n) is 8.35. The molecular formula is C40H32N2O2S2. The minimum absolute atomic E-state index is 0.00896. The highest BCUT2D eigenvalue weighted by Crippen LogP contribution is 2.58. The molecule has 0 aromatic heterocycles. The molecule has 7 rings (SSSR count). The van der Waals surface area contributed by atoms with Gasteiger partial charge in [-0.1, -0.05) is 145 Å². The summed E-state index contributed by atoms with van der Waals surface area (Å²) in [5.41, 5.74) is 5.98. The standard InChI is InChI=1S/C40H32N2O2S2/c1-29(43)41-35-17-9-11-19-37(35)45-39(41,33-13-5-3-6-14-33)27-25-31-21-23-32(24-22-31)26-28-40(34-15-7-4-8-16-34)42(30(2)44)36-18-10-12-20-38(36)46-40/h3-28H,1-2H3. The molecule has 0 spiro atoms. The van der Waals surface area contributed by atoms with Crippen molar-refractivity contribution >= 4 is 58.9 Å². The number of anilines is 2. The first-order valence-corrected chi connectivity index (χ1v) is 16.8. The molecule has 2 unspecified atom stereocenters. The van der Waals surface area contributed by atoms with Gasteiger partial charge in [-0.05, 0) is 58.7 Å². The van der Waals surface area contributed by atoms with E-state index in [1.165, 1.54) is 0 Å². The molecule has 0 bridgehead atoms. The first-order chi connectivity index (χ1) is 22.4. The number of benzene rings is 5. The molecule has 2 amide bonds. The van der Waals surface area contributed by atoms with Crippen LogP contribution in [0.25, 0.3) is 12.2 Å². The zero-order valence-electron chi connectivity index (χ0n) is 25.5. The van der Waals surface area contributed by atoms with Crippen molar-refractivity contribution in [3.8, 4) is 0 Å². The van der Waals surface area contributed by atoms with Gasteiger partial charge in [0.15, 0.2) is 0 Å². The molecule has 0 saturated heterocycles. The number of hydrogen-bond acceptors (Lipinski definition) is 4. The van der Waals surface area contributed by atoms with Crippen LogP contribution in [0.2, 0.25) is 0 Å². The Morgan fingerprint density at radius 1 is 0.500 bits per heavy atom. The third-order valence-corrected chi connectivity index (χ3v) is 11.2. The molecule has 4 nitrogen and oxygen atoms in total. The normalized spacial score (nSPS) is 20.3. The fourth-order valence-electron chi connectivity index (χ4n) is 6.32. The maximum atomic E-state index is 13.1. The molecule has 0 radical (unpaired) electrons. The van der Waals surface area contributed by atoms with E-state index in [0.717, 1.165) is 43.4 Å². The summed E-state index contributed by atoms with van der Waals surface area (Å²) in [5.74, 6) is -0.0179. The van der Waals surface area contributed by atoms with E-state index in [0.29, 0.717) is 0 Å². The Hall–Kier alpha value is -4.78. The summed E-state index contributed by atoms with van der Waals surface area (Å²) >= 11 is 3.37. The van der Waals surface area contributed by atoms with Crippen LogP contribution in [0, 0.1) is 0 Å². The Bertz CT molecular complexity index is 1830. The topological polar surface area (TPSA) is 40.6 Å². The van der Waals surface area contributed by atoms with E-state index >= 15 is 0 Å². The Kier molecular flexibility index (Phi) is 7.93. The van der Waals surface area contributed by atoms with Crippen molar-refractivity contribution in [1.82, 2.24) is 0 Å². The maximum Gasteiger partial charge on any atom is 0.225 e. The molecule has 2 heterocycles. The van der Waals surface area contributed by atoms with Gasteiger partial charge in [-0.2, -0.15) is 0 Å². The number of carbonyl (C=O) groups excluding carboxylic acids is 2. The smallest absolute Gasteiger partial charge is 0.225 e. The van der Waals surface area contributed by atoms with E-state index in [9.17, 15) is 9.59 Å². The molecule has 5 aromatic rings. The van der Waals surface area contributed by atoms with E-state index in [1.807, 2.05) is 82.6 Å². The van der Waals surface area contributed by atoms with Crippen LogP contribution in [0.15, 0.2) is 155 Å². The summed E-state index contributed by atoms with van der Waals surface area (Å²) < 4.78 is 0. The largest absolute Gasteiger partial charge is 0.288 e. The summed E-state index contributed by atoms with van der Waals surface area (Å²) in [6.45, 7) is 3.26. The summed E-state index contributed by atoms with van der Waals surface area (Å²) in [5, 5.41) is 0. The molecule has 0 aliphatic carbocycles. The van der Waals surface area contributed by atoms with Crippen LogP contribution < -0.4 is 9.80 Å². The van der Waals surface area contributed by atoms with Gasteiger partial charge in [0.25, 0.3) is 0 Å². The number of nitrogens with zero attached hydrogens (tertiary/aromatic N) is 2. The number of amides is 2. The van der Waals surface area contributed by atoms with Gasteiger partial charge in [-0.15, -0.1) is 0 Å². The number of thioether (sulfide) groups is 2. The summed E-state index contributed by atoms with van der Waals surface area (Å²) in [7, 11) is 0. The van der Waals surface area contributed by atoms with Gasteiger partial charge in [-0.3, -0.25) is 19.4 Å². The van der Waals surface area contributed by atoms with Crippen molar-refractivity contribution in [2.75, 3.05) is 9.80 Å². The fraction of sp³-hybridized carbons (Fsp3) is 0.100. The lowest BCUT2D eigenvalue weighted by Crippen LogP contribution is -2.42. The van der Waals surface area contributed by atoms with Crippen LogP contribution in [-0.4, -0.2) is 11.8 Å². The minimum atomic E-state index is -0.706. The van der Waals surface area contributed by atoms with E-state index < -0.39 is 9.74 Å². The molecule has 2 aliphatic rings. The van der Waals surface area contributed by atoms with Crippen LogP contribution in [0.4, 0.5) is 11.4 Å². The van der Waals surface area contributed by atoms with E-state index in [-0.39, 0.29) is 11.8 Å². The molecule has 0 saturated carbocycles. The van der Waals surface area contributed by atoms with Crippen molar-refractivity contribution in [1.29, 1.82) is 0 Å². The minimum Gasteiger partial charge on any atom is -0.288 e. The highest BCUT2D eigenvalue weighted by Gasteiger charge is 2.47. The van der Waals surface area contributed by atoms with Crippen molar-refractivity contribution < 1.29 is 9.59 Å². The Morgan fingerprint density at radius 2 is 0.848 bits per heavy atom. The van der Waals surface area contributed by atoms with E-state index in [2.05, 4.69) is 85.0 Å². The monoisotopic (exact) mass is 636 g/mol. The van der Waals surface area contributed by atoms with E-state index in [1.54, 1.807) is 37.4 Å². The quantitative estimate of drug-likeness (QED) is 0.186. The van der Waals surface area contributed by atoms with Crippen molar-refractivity contribution in [3.05, 3.63) is 168 Å². The average molecular weight is 637 g/mol. The van der Waals surface area contributed by atoms with Crippen LogP contribution in [0.5, 0.6) is 0 Å². The van der Waals surface area contributed by atoms with Gasteiger partial charge in [0.05, 0.1) is 11.4 Å². The summed E-state index contributed by atoms with van der Waals surface area (Å²) in [4.78, 5) is 30.8. The molecule has 6 heteroatoms. The highest BCUT2D eigenvalue weighted by atomic mass is 32.2. The van der Waals surface area contributed by atoms with Crippen LogP contribution in [0.3, 0.4) is 0 Å². The lowest BCUT2D eigenvalue weighted by Gasteiger charge is -2.35. The molecule has 2 aliphatic heterocycles. The second kappa shape index (κ2) is 12.2. The zero-order chi connectivity index (χ0) is 31.7. The molecule has 226 valence electrons. The molecule has 46 heavy (non-hydrogen) atoms. The van der Waals surface area contributed by atoms with Gasteiger partial charge < -0.3 is 0 Å². The zero-order valence-corrected chi connectivity index (χ0v) is 27.2. The van der Waals surface area contributed by atoms with Gasteiger partial charge in [-0.25, -0.2) is 0 Å². The Labute approximate surface area is 278 Å². The summed E-state index contributed by atoms with van der Waals surface area (Å²) in [6, 6.07) is 44.9. The van der Waals surface area contributed by atoms with Crippen molar-refractivity contribution in [3.63, 3.8) is 0 Å². The van der Waals surface area contributed by atoms with Gasteiger partial charge in [0, 0.05) is 23.6 Å². The predicted octanol–water partition coefficient (Wildman–Crippen LogP) is 9.74. The Morgan fingerprint density at radius 3 is 1.22 bits per heavy atom. The number of carbonyl (C=O) groups is 2. The third kappa shape index (κ3) is 5.17. The maximum absolute atomic E-state index is 13.1. The van der Waals surface area contributed by atoms with Crippen LogP contribution in [-0.2, 0) is 19.3 Å². The number of rotatable bonds is 6. The molecular weight excluding hydrogens is 605 g/mol. The summed E-state index contributed by atoms with van der Waals surface area (Å²) in [6.07, 6.45) is 8.48. The number of para-hydroxylation sites is 2. The average Bonchev–Trinajstić information content (AvgIpc) is 3.62. The van der Waals surface area contributed by atoms with Gasteiger partial charge in [0.2, 0.25) is 11.8 Å². The SMILES string of the molecule is CC(=O)N1c2ccccc2SC1(C=Cc1ccc(C=CC2(c3ccccc3)Sc3ccccc3N2C(C)=O)cc1)c1ccccc1. The highest BCUT2D eigenvalue weighted by molar-refractivity contribution is 8.01. The van der Waals surface area contributed by atoms with Crippen molar-refractivity contribution in [2.24, 2.45) is 0 Å². The lowest BCUT2D eigenvalue weighted by molar-refractivity contribution is -0.117. The van der Waals surface area contributed by atoms with Crippen molar-refractivity contribution in [2.45, 2.75) is 33.4 Å². The molecule has 0 N–H and O–H groups in total. The van der Waals surface area contributed by atoms with Gasteiger partial charge >= 0.3 is 0 Å². The van der Waals surface area contributed by atoms with E-state index in [4.69, 9.17) is 0 Å². The van der Waals surface area contributed by atoms with Crippen LogP contribution in [0.1, 0.15) is 36.1 Å². The first-order valence-electron chi connectivity index (χ1n) is 15.2.